The van der Waals surface area contributed by atoms with Crippen LogP contribution in [-0.2, 0) is 4.74 Å². The molecular formula is C24H25FN4O2. The van der Waals surface area contributed by atoms with Crippen molar-refractivity contribution in [2.45, 2.75) is 31.7 Å². The minimum Gasteiger partial charge on any atom is -0.382 e. The number of nitrogen functional groups attached to an aromatic ring is 1. The van der Waals surface area contributed by atoms with Crippen molar-refractivity contribution < 1.29 is 13.9 Å². The molecule has 0 spiro atoms. The molecule has 6 nitrogen and oxygen atoms in total. The van der Waals surface area contributed by atoms with E-state index in [4.69, 9.17) is 10.5 Å². The number of halogens is 1. The van der Waals surface area contributed by atoms with Crippen LogP contribution in [0.25, 0.3) is 11.3 Å². The molecule has 0 aliphatic carbocycles. The molecule has 160 valence electrons. The van der Waals surface area contributed by atoms with Crippen molar-refractivity contribution in [2.75, 3.05) is 18.9 Å². The van der Waals surface area contributed by atoms with E-state index in [9.17, 15) is 9.18 Å². The van der Waals surface area contributed by atoms with Crippen LogP contribution in [0.2, 0.25) is 0 Å². The Kier molecular flexibility index (Phi) is 6.23. The summed E-state index contributed by atoms with van der Waals surface area (Å²) < 4.78 is 20.3. The number of hydrogen-bond acceptors (Lipinski definition) is 5. The summed E-state index contributed by atoms with van der Waals surface area (Å²) in [7, 11) is 0. The first-order valence-electron chi connectivity index (χ1n) is 10.4. The van der Waals surface area contributed by atoms with Gasteiger partial charge in [0.05, 0.1) is 23.5 Å². The molecule has 0 saturated carbocycles. The van der Waals surface area contributed by atoms with Crippen molar-refractivity contribution >= 4 is 11.7 Å². The Morgan fingerprint density at radius 3 is 2.65 bits per heavy atom. The molecular weight excluding hydrogens is 395 g/mol. The molecule has 1 atom stereocenters. The highest BCUT2D eigenvalue weighted by atomic mass is 19.1. The normalized spacial score (nSPS) is 15.4. The van der Waals surface area contributed by atoms with Crippen LogP contribution in [0.3, 0.4) is 0 Å². The highest BCUT2D eigenvalue weighted by Crippen LogP contribution is 2.30. The molecule has 1 fully saturated rings. The van der Waals surface area contributed by atoms with E-state index in [-0.39, 0.29) is 23.3 Å². The Labute approximate surface area is 180 Å². The lowest BCUT2D eigenvalue weighted by molar-refractivity contribution is 0.0844. The number of carbonyl (C=O) groups excluding carboxylic acids is 1. The number of ether oxygens (including phenoxy) is 1. The predicted molar refractivity (Wildman–Crippen MR) is 117 cm³/mol. The van der Waals surface area contributed by atoms with Gasteiger partial charge in [0.1, 0.15) is 17.3 Å². The number of aromatic nitrogens is 2. The van der Waals surface area contributed by atoms with Gasteiger partial charge in [0.15, 0.2) is 0 Å². The van der Waals surface area contributed by atoms with Gasteiger partial charge in [-0.2, -0.15) is 0 Å². The van der Waals surface area contributed by atoms with Gasteiger partial charge in [0, 0.05) is 24.7 Å². The monoisotopic (exact) mass is 420 g/mol. The lowest BCUT2D eigenvalue weighted by atomic mass is 9.96. The predicted octanol–water partition coefficient (Wildman–Crippen LogP) is 4.25. The van der Waals surface area contributed by atoms with Crippen molar-refractivity contribution in [1.82, 2.24) is 15.3 Å². The molecule has 2 aromatic carbocycles. The van der Waals surface area contributed by atoms with Gasteiger partial charge in [-0.15, -0.1) is 0 Å². The molecule has 31 heavy (non-hydrogen) atoms. The Morgan fingerprint density at radius 1 is 1.19 bits per heavy atom. The van der Waals surface area contributed by atoms with Crippen molar-refractivity contribution in [3.8, 4) is 11.3 Å². The summed E-state index contributed by atoms with van der Waals surface area (Å²) in [5, 5.41) is 2.83. The van der Waals surface area contributed by atoms with Gasteiger partial charge in [0.2, 0.25) is 0 Å². The summed E-state index contributed by atoms with van der Waals surface area (Å²) in [5.41, 5.74) is 8.68. The third kappa shape index (κ3) is 4.72. The topological polar surface area (TPSA) is 90.1 Å². The zero-order chi connectivity index (χ0) is 21.8. The van der Waals surface area contributed by atoms with Crippen LogP contribution in [0.5, 0.6) is 0 Å². The summed E-state index contributed by atoms with van der Waals surface area (Å²) >= 11 is 0. The second-order valence-electron chi connectivity index (χ2n) is 7.72. The molecule has 1 aromatic heterocycles. The van der Waals surface area contributed by atoms with Crippen LogP contribution >= 0.6 is 0 Å². The van der Waals surface area contributed by atoms with E-state index in [2.05, 4.69) is 15.3 Å². The number of benzene rings is 2. The molecule has 3 N–H and O–H groups in total. The number of nitrogens with one attached hydrogen (secondary N) is 1. The Morgan fingerprint density at radius 2 is 1.94 bits per heavy atom. The summed E-state index contributed by atoms with van der Waals surface area (Å²) in [6, 6.07) is 13.7. The molecule has 1 aliphatic heterocycles. The molecule has 7 heteroatoms. The second kappa shape index (κ2) is 9.22. The van der Waals surface area contributed by atoms with Gasteiger partial charge < -0.3 is 15.8 Å². The highest BCUT2D eigenvalue weighted by molar-refractivity contribution is 5.95. The first-order valence-corrected chi connectivity index (χ1v) is 10.4. The van der Waals surface area contributed by atoms with Crippen LogP contribution in [-0.4, -0.2) is 29.1 Å². The fraction of sp³-hybridized carbons (Fsp3) is 0.292. The zero-order valence-electron chi connectivity index (χ0n) is 17.3. The second-order valence-corrected chi connectivity index (χ2v) is 7.72. The smallest absolute Gasteiger partial charge is 0.254 e. The summed E-state index contributed by atoms with van der Waals surface area (Å²) in [6.07, 6.45) is 3.41. The first-order chi connectivity index (χ1) is 15.0. The van der Waals surface area contributed by atoms with E-state index in [0.717, 1.165) is 24.1 Å². The van der Waals surface area contributed by atoms with Gasteiger partial charge in [-0.25, -0.2) is 14.4 Å². The summed E-state index contributed by atoms with van der Waals surface area (Å²) in [5.74, 6) is -0.636. The van der Waals surface area contributed by atoms with Gasteiger partial charge >= 0.3 is 0 Å². The van der Waals surface area contributed by atoms with Crippen molar-refractivity contribution in [3.63, 3.8) is 0 Å². The summed E-state index contributed by atoms with van der Waals surface area (Å²) in [6.45, 7) is 3.23. The molecule has 0 bridgehead atoms. The molecule has 2 heterocycles. The Balaban J connectivity index is 1.55. The number of rotatable bonds is 5. The Hall–Kier alpha value is -3.32. The minimum atomic E-state index is -0.632. The van der Waals surface area contributed by atoms with Crippen LogP contribution in [0.1, 0.15) is 53.3 Å². The summed E-state index contributed by atoms with van der Waals surface area (Å²) in [4.78, 5) is 21.5. The number of carbonyl (C=O) groups is 1. The van der Waals surface area contributed by atoms with Gasteiger partial charge in [-0.1, -0.05) is 36.4 Å². The maximum atomic E-state index is 14.9. The fourth-order valence-electron chi connectivity index (χ4n) is 3.76. The molecule has 1 unspecified atom stereocenters. The van der Waals surface area contributed by atoms with Gasteiger partial charge in [0.25, 0.3) is 5.91 Å². The number of amides is 1. The third-order valence-corrected chi connectivity index (χ3v) is 5.59. The van der Waals surface area contributed by atoms with Crippen molar-refractivity contribution in [3.05, 3.63) is 77.4 Å². The SMILES string of the molecule is CC(NC(=O)c1ccc(-c2nc(C3CCOCC3)cnc2N)cc1F)c1ccccc1. The quantitative estimate of drug-likeness (QED) is 0.644. The van der Waals surface area contributed by atoms with Crippen molar-refractivity contribution in [1.29, 1.82) is 0 Å². The maximum Gasteiger partial charge on any atom is 0.254 e. The zero-order valence-corrected chi connectivity index (χ0v) is 17.3. The minimum absolute atomic E-state index is 0.0290. The average Bonchev–Trinajstić information content (AvgIpc) is 2.80. The Bertz CT molecular complexity index is 1070. The fourth-order valence-corrected chi connectivity index (χ4v) is 3.76. The van der Waals surface area contributed by atoms with Crippen LogP contribution in [0.15, 0.2) is 54.7 Å². The first kappa shape index (κ1) is 20.9. The lowest BCUT2D eigenvalue weighted by Crippen LogP contribution is -2.27. The lowest BCUT2D eigenvalue weighted by Gasteiger charge is -2.22. The molecule has 3 aromatic rings. The van der Waals surface area contributed by atoms with E-state index >= 15 is 0 Å². The van der Waals surface area contributed by atoms with E-state index in [0.29, 0.717) is 24.5 Å². The van der Waals surface area contributed by atoms with Gasteiger partial charge in [-0.3, -0.25) is 4.79 Å². The molecule has 0 radical (unpaired) electrons. The molecule has 4 rings (SSSR count). The number of anilines is 1. The van der Waals surface area contributed by atoms with Crippen LogP contribution in [0.4, 0.5) is 10.2 Å². The number of nitrogens with two attached hydrogens (primary N) is 1. The molecule has 1 aliphatic rings. The highest BCUT2D eigenvalue weighted by Gasteiger charge is 2.21. The average molecular weight is 420 g/mol. The van der Waals surface area contributed by atoms with Gasteiger partial charge in [-0.05, 0) is 37.5 Å². The van der Waals surface area contributed by atoms with Crippen LogP contribution in [0, 0.1) is 5.82 Å². The third-order valence-electron chi connectivity index (χ3n) is 5.59. The van der Waals surface area contributed by atoms with Crippen molar-refractivity contribution in [2.24, 2.45) is 0 Å². The molecule has 1 saturated heterocycles. The van der Waals surface area contributed by atoms with E-state index in [1.165, 1.54) is 12.1 Å². The maximum absolute atomic E-state index is 14.9. The van der Waals surface area contributed by atoms with Crippen LogP contribution < -0.4 is 11.1 Å². The number of hydrogen-bond donors (Lipinski definition) is 2. The largest absolute Gasteiger partial charge is 0.382 e. The van der Waals surface area contributed by atoms with E-state index in [1.807, 2.05) is 37.3 Å². The standard InChI is InChI=1S/C24H25FN4O2/c1-15(16-5-3-2-4-6-16)28-24(30)19-8-7-18(13-20(19)25)22-23(26)27-14-21(29-22)17-9-11-31-12-10-17/h2-8,13-15,17H,9-12H2,1H3,(H2,26,27)(H,28,30). The number of nitrogens with zero attached hydrogens (tertiary/aromatic N) is 2. The molecule has 1 amide bonds. The van der Waals surface area contributed by atoms with E-state index < -0.39 is 11.7 Å². The van der Waals surface area contributed by atoms with E-state index in [1.54, 1.807) is 12.3 Å².